The van der Waals surface area contributed by atoms with E-state index in [4.69, 9.17) is 4.74 Å². The highest BCUT2D eigenvalue weighted by molar-refractivity contribution is 5.47. The fourth-order valence-corrected chi connectivity index (χ4v) is 4.43. The van der Waals surface area contributed by atoms with Crippen molar-refractivity contribution in [1.29, 1.82) is 0 Å². The van der Waals surface area contributed by atoms with Crippen molar-refractivity contribution >= 4 is 5.69 Å². The van der Waals surface area contributed by atoms with Crippen molar-refractivity contribution < 1.29 is 4.74 Å². The van der Waals surface area contributed by atoms with E-state index in [2.05, 4.69) is 95.4 Å². The van der Waals surface area contributed by atoms with Gasteiger partial charge in [-0.3, -0.25) is 0 Å². The second kappa shape index (κ2) is 11.6. The second-order valence-electron chi connectivity index (χ2n) is 10.5. The maximum atomic E-state index is 5.82. The van der Waals surface area contributed by atoms with Crippen LogP contribution in [0.3, 0.4) is 0 Å². The molecule has 0 fully saturated rings. The molecule has 2 heteroatoms. The number of benzene rings is 1. The Kier molecular flexibility index (Phi) is 9.42. The normalized spacial score (nSPS) is 15.3. The Hall–Kier alpha value is -1.80. The van der Waals surface area contributed by atoms with Gasteiger partial charge in [0.1, 0.15) is 0 Å². The molecule has 1 N–H and O–H groups in total. The number of anilines is 1. The summed E-state index contributed by atoms with van der Waals surface area (Å²) in [7, 11) is 0. The van der Waals surface area contributed by atoms with E-state index in [1.165, 1.54) is 35.2 Å². The van der Waals surface area contributed by atoms with E-state index in [9.17, 15) is 0 Å². The van der Waals surface area contributed by atoms with Crippen LogP contribution in [0.15, 0.2) is 59.7 Å². The van der Waals surface area contributed by atoms with Crippen LogP contribution in [-0.4, -0.2) is 19.8 Å². The average molecular weight is 410 g/mol. The van der Waals surface area contributed by atoms with Crippen molar-refractivity contribution in [2.24, 2.45) is 5.41 Å². The Labute approximate surface area is 185 Å². The molecule has 1 aliphatic rings. The highest BCUT2D eigenvalue weighted by Crippen LogP contribution is 2.36. The van der Waals surface area contributed by atoms with Crippen LogP contribution < -0.4 is 5.32 Å². The average Bonchev–Trinajstić information content (AvgIpc) is 2.66. The minimum atomic E-state index is 0.167. The smallest absolute Gasteiger partial charge is 0.0639 e. The zero-order valence-electron chi connectivity index (χ0n) is 20.2. The van der Waals surface area contributed by atoms with Crippen LogP contribution >= 0.6 is 0 Å². The van der Waals surface area contributed by atoms with Gasteiger partial charge in [0.05, 0.1) is 13.2 Å². The van der Waals surface area contributed by atoms with Gasteiger partial charge in [-0.1, -0.05) is 76.6 Å². The van der Waals surface area contributed by atoms with Gasteiger partial charge in [0.2, 0.25) is 0 Å². The first-order valence-corrected chi connectivity index (χ1v) is 11.6. The summed E-state index contributed by atoms with van der Waals surface area (Å²) < 4.78 is 5.82. The summed E-state index contributed by atoms with van der Waals surface area (Å²) in [5, 5.41) is 3.52. The van der Waals surface area contributed by atoms with Gasteiger partial charge in [0.15, 0.2) is 0 Å². The predicted molar refractivity (Wildman–Crippen MR) is 132 cm³/mol. The molecule has 0 saturated carbocycles. The molecule has 0 spiro atoms. The van der Waals surface area contributed by atoms with E-state index in [0.717, 1.165) is 39.0 Å². The monoisotopic (exact) mass is 409 g/mol. The summed E-state index contributed by atoms with van der Waals surface area (Å²) in [6, 6.07) is 8.86. The lowest BCUT2D eigenvalue weighted by atomic mass is 9.72. The molecule has 2 rings (SSSR count). The minimum absolute atomic E-state index is 0.167. The maximum Gasteiger partial charge on any atom is 0.0639 e. The number of hydrogen-bond acceptors (Lipinski definition) is 2. The topological polar surface area (TPSA) is 21.3 Å². The molecular weight excluding hydrogens is 366 g/mol. The highest BCUT2D eigenvalue weighted by Gasteiger charge is 2.27. The molecular formula is C28H43NO. The first kappa shape index (κ1) is 24.5. The van der Waals surface area contributed by atoms with Gasteiger partial charge in [-0.25, -0.2) is 0 Å². The molecule has 0 heterocycles. The SMILES string of the molecule is C/C(=C\CCOCCNc1cccc(C(C)(C)CC(C)(C)C)c1)CC1=CCCC=C1. The van der Waals surface area contributed by atoms with Crippen LogP contribution in [0.4, 0.5) is 5.69 Å². The number of allylic oxidation sites excluding steroid dienone is 5. The van der Waals surface area contributed by atoms with Crippen molar-refractivity contribution in [3.05, 3.63) is 65.3 Å². The molecule has 0 amide bonds. The fourth-order valence-electron chi connectivity index (χ4n) is 4.43. The zero-order chi connectivity index (χ0) is 22.0. The number of nitrogens with one attached hydrogen (secondary N) is 1. The Morgan fingerprint density at radius 3 is 2.60 bits per heavy atom. The van der Waals surface area contributed by atoms with Crippen molar-refractivity contribution in [2.45, 2.75) is 79.1 Å². The summed E-state index contributed by atoms with van der Waals surface area (Å²) in [5.74, 6) is 0. The summed E-state index contributed by atoms with van der Waals surface area (Å²) >= 11 is 0. The largest absolute Gasteiger partial charge is 0.383 e. The molecule has 0 aromatic heterocycles. The molecule has 0 saturated heterocycles. The lowest BCUT2D eigenvalue weighted by molar-refractivity contribution is 0.148. The Balaban J connectivity index is 1.68. The number of ether oxygens (including phenoxy) is 1. The fraction of sp³-hybridized carbons (Fsp3) is 0.571. The third-order valence-electron chi connectivity index (χ3n) is 5.50. The molecule has 0 bridgehead atoms. The van der Waals surface area contributed by atoms with Gasteiger partial charge in [0.25, 0.3) is 0 Å². The lowest BCUT2D eigenvalue weighted by Crippen LogP contribution is -2.25. The van der Waals surface area contributed by atoms with Crippen LogP contribution in [-0.2, 0) is 10.2 Å². The van der Waals surface area contributed by atoms with Crippen molar-refractivity contribution in [3.63, 3.8) is 0 Å². The summed E-state index contributed by atoms with van der Waals surface area (Å²) in [6.45, 7) is 16.2. The number of rotatable bonds is 11. The van der Waals surface area contributed by atoms with Gasteiger partial charge < -0.3 is 10.1 Å². The Morgan fingerprint density at radius 1 is 1.10 bits per heavy atom. The molecule has 0 unspecified atom stereocenters. The quantitative estimate of drug-likeness (QED) is 0.297. The summed E-state index contributed by atoms with van der Waals surface area (Å²) in [6.07, 6.45) is 14.8. The summed E-state index contributed by atoms with van der Waals surface area (Å²) in [4.78, 5) is 0. The van der Waals surface area contributed by atoms with Crippen LogP contribution in [0.25, 0.3) is 0 Å². The minimum Gasteiger partial charge on any atom is -0.383 e. The van der Waals surface area contributed by atoms with Gasteiger partial charge in [0, 0.05) is 12.2 Å². The molecule has 1 aromatic carbocycles. The molecule has 0 aliphatic heterocycles. The third-order valence-corrected chi connectivity index (χ3v) is 5.50. The van der Waals surface area contributed by atoms with Gasteiger partial charge in [-0.15, -0.1) is 0 Å². The van der Waals surface area contributed by atoms with E-state index in [1.54, 1.807) is 0 Å². The molecule has 0 atom stereocenters. The van der Waals surface area contributed by atoms with Crippen LogP contribution in [0.2, 0.25) is 0 Å². The van der Waals surface area contributed by atoms with E-state index in [-0.39, 0.29) is 5.41 Å². The maximum absolute atomic E-state index is 5.82. The van der Waals surface area contributed by atoms with Gasteiger partial charge in [-0.05, 0) is 73.1 Å². The van der Waals surface area contributed by atoms with Crippen molar-refractivity contribution in [3.8, 4) is 0 Å². The third kappa shape index (κ3) is 9.34. The molecule has 30 heavy (non-hydrogen) atoms. The first-order chi connectivity index (χ1) is 14.2. The van der Waals surface area contributed by atoms with Crippen molar-refractivity contribution in [2.75, 3.05) is 25.1 Å². The predicted octanol–water partition coefficient (Wildman–Crippen LogP) is 7.83. The Morgan fingerprint density at radius 2 is 1.90 bits per heavy atom. The van der Waals surface area contributed by atoms with Crippen LogP contribution in [0.5, 0.6) is 0 Å². The van der Waals surface area contributed by atoms with E-state index >= 15 is 0 Å². The van der Waals surface area contributed by atoms with Crippen molar-refractivity contribution in [1.82, 2.24) is 0 Å². The van der Waals surface area contributed by atoms with E-state index in [0.29, 0.717) is 5.41 Å². The van der Waals surface area contributed by atoms with Crippen LogP contribution in [0, 0.1) is 5.41 Å². The molecule has 1 aliphatic carbocycles. The van der Waals surface area contributed by atoms with Crippen LogP contribution in [0.1, 0.15) is 79.2 Å². The number of hydrogen-bond donors (Lipinski definition) is 1. The second-order valence-corrected chi connectivity index (χ2v) is 10.5. The molecule has 166 valence electrons. The summed E-state index contributed by atoms with van der Waals surface area (Å²) in [5.41, 5.74) is 5.95. The van der Waals surface area contributed by atoms with Gasteiger partial charge in [-0.2, -0.15) is 0 Å². The van der Waals surface area contributed by atoms with E-state index < -0.39 is 0 Å². The highest BCUT2D eigenvalue weighted by atomic mass is 16.5. The van der Waals surface area contributed by atoms with Gasteiger partial charge >= 0.3 is 0 Å². The first-order valence-electron chi connectivity index (χ1n) is 11.6. The molecule has 0 radical (unpaired) electrons. The Bertz CT molecular complexity index is 746. The lowest BCUT2D eigenvalue weighted by Gasteiger charge is -2.33. The zero-order valence-corrected chi connectivity index (χ0v) is 20.2. The molecule has 1 aromatic rings. The molecule has 2 nitrogen and oxygen atoms in total. The van der Waals surface area contributed by atoms with E-state index in [1.807, 2.05) is 0 Å². The standard InChI is InChI=1S/C28H43NO/c1-23(20-24-13-8-7-9-14-24)12-11-18-30-19-17-29-26-16-10-15-25(21-26)28(5,6)22-27(2,3)4/h8,10,12-16,21,29H,7,9,11,17-20,22H2,1-6H3/b23-12+.